The number of hydrogen-bond acceptors (Lipinski definition) is 5. The summed E-state index contributed by atoms with van der Waals surface area (Å²) < 4.78 is 4.62. The summed E-state index contributed by atoms with van der Waals surface area (Å²) in [6, 6.07) is 0. The second kappa shape index (κ2) is 4.19. The van der Waals surface area contributed by atoms with Gasteiger partial charge < -0.3 is 14.9 Å². The molecule has 0 atom stereocenters. The minimum Gasteiger partial charge on any atom is -0.474 e. The van der Waals surface area contributed by atoms with Crippen LogP contribution in [0.2, 0.25) is 0 Å². The number of aliphatic carboxylic acids is 1. The predicted octanol–water partition coefficient (Wildman–Crippen LogP) is -1.19. The molecule has 2 N–H and O–H groups in total. The van der Waals surface area contributed by atoms with E-state index in [9.17, 15) is 9.59 Å². The normalized spacial score (nSPS) is 9.54. The number of nitrogens with zero attached hydrogens (tertiary/aromatic N) is 2. The van der Waals surface area contributed by atoms with Gasteiger partial charge in [-0.15, -0.1) is 0 Å². The maximum Gasteiger partial charge on any atom is 0.394 e. The molecule has 7 heteroatoms. The molecule has 0 fully saturated rings. The van der Waals surface area contributed by atoms with E-state index in [2.05, 4.69) is 20.0 Å². The van der Waals surface area contributed by atoms with Gasteiger partial charge in [-0.1, -0.05) is 5.16 Å². The number of carboxylic acids is 1. The van der Waals surface area contributed by atoms with Crippen LogP contribution in [0, 0.1) is 0 Å². The van der Waals surface area contributed by atoms with E-state index in [-0.39, 0.29) is 6.54 Å². The molecule has 0 saturated heterocycles. The number of carbonyl (C=O) groups excluding carboxylic acids is 1. The Balaban J connectivity index is 2.22. The van der Waals surface area contributed by atoms with Gasteiger partial charge in [-0.2, -0.15) is 4.98 Å². The first-order chi connectivity index (χ1) is 6.20. The lowest BCUT2D eigenvalue weighted by Gasteiger charge is -1.97. The Bertz CT molecular complexity index is 295. The van der Waals surface area contributed by atoms with Crippen LogP contribution in [0.3, 0.4) is 0 Å². The maximum absolute atomic E-state index is 10.5. The summed E-state index contributed by atoms with van der Waals surface area (Å²) in [5.74, 6) is -2.20. The average molecular weight is 185 g/mol. The highest BCUT2D eigenvalue weighted by Gasteiger charge is 2.09. The van der Waals surface area contributed by atoms with Gasteiger partial charge in [-0.05, 0) is 0 Å². The summed E-state index contributed by atoms with van der Waals surface area (Å²) in [7, 11) is 0. The van der Waals surface area contributed by atoms with Gasteiger partial charge in [0.1, 0.15) is 0 Å². The molecule has 1 aromatic rings. The molecule has 0 bridgehead atoms. The fourth-order valence-electron chi connectivity index (χ4n) is 0.665. The molecular weight excluding hydrogens is 178 g/mol. The van der Waals surface area contributed by atoms with Crippen LogP contribution in [0.5, 0.6) is 0 Å². The number of nitrogens with one attached hydrogen (secondary N) is 1. The van der Waals surface area contributed by atoms with E-state index in [0.717, 1.165) is 0 Å². The summed E-state index contributed by atoms with van der Waals surface area (Å²) in [5.41, 5.74) is 0. The van der Waals surface area contributed by atoms with E-state index in [1.807, 2.05) is 0 Å². The Morgan fingerprint density at radius 3 is 2.92 bits per heavy atom. The fraction of sp³-hybridized carbons (Fsp3) is 0.333. The van der Waals surface area contributed by atoms with Crippen molar-refractivity contribution in [1.29, 1.82) is 0 Å². The van der Waals surface area contributed by atoms with Crippen LogP contribution in [0.1, 0.15) is 5.89 Å². The van der Waals surface area contributed by atoms with Crippen LogP contribution in [0.25, 0.3) is 0 Å². The molecule has 0 aliphatic carbocycles. The molecule has 0 unspecified atom stereocenters. The van der Waals surface area contributed by atoms with Crippen LogP contribution >= 0.6 is 0 Å². The molecule has 0 radical (unpaired) electrons. The third kappa shape index (κ3) is 2.89. The highest BCUT2D eigenvalue weighted by Crippen LogP contribution is 1.89. The lowest BCUT2D eigenvalue weighted by molar-refractivity contribution is -0.150. The molecular formula is C6H7N3O4. The molecule has 1 rings (SSSR count). The number of rotatable bonds is 3. The average Bonchev–Trinajstić information content (AvgIpc) is 2.56. The molecule has 0 saturated carbocycles. The maximum atomic E-state index is 10.5. The molecule has 0 aliphatic heterocycles. The van der Waals surface area contributed by atoms with Crippen molar-refractivity contribution in [2.24, 2.45) is 0 Å². The zero-order chi connectivity index (χ0) is 9.68. The van der Waals surface area contributed by atoms with Crippen LogP contribution in [0.4, 0.5) is 0 Å². The van der Waals surface area contributed by atoms with Crippen molar-refractivity contribution in [3.8, 4) is 0 Å². The van der Waals surface area contributed by atoms with Gasteiger partial charge in [-0.25, -0.2) is 4.79 Å². The smallest absolute Gasteiger partial charge is 0.394 e. The minimum atomic E-state index is -1.51. The van der Waals surface area contributed by atoms with E-state index in [0.29, 0.717) is 12.3 Å². The SMILES string of the molecule is O=C(O)C(=O)NCCc1ncno1. The standard InChI is InChI=1S/C6H7N3O4/c10-5(6(11)12)7-2-1-4-8-3-9-13-4/h3H,1-2H2,(H,7,10)(H,11,12). The van der Waals surface area contributed by atoms with Crippen LogP contribution < -0.4 is 5.32 Å². The first-order valence-corrected chi connectivity index (χ1v) is 3.47. The molecule has 70 valence electrons. The van der Waals surface area contributed by atoms with Gasteiger partial charge >= 0.3 is 11.9 Å². The van der Waals surface area contributed by atoms with Gasteiger partial charge in [0.2, 0.25) is 5.89 Å². The number of carbonyl (C=O) groups is 2. The summed E-state index contributed by atoms with van der Waals surface area (Å²) >= 11 is 0. The van der Waals surface area contributed by atoms with Gasteiger partial charge in [0, 0.05) is 13.0 Å². The van der Waals surface area contributed by atoms with Crippen molar-refractivity contribution in [1.82, 2.24) is 15.5 Å². The second-order valence-corrected chi connectivity index (χ2v) is 2.15. The first kappa shape index (κ1) is 9.17. The molecule has 0 spiro atoms. The Morgan fingerprint density at radius 2 is 2.38 bits per heavy atom. The molecule has 1 amide bonds. The molecule has 1 heterocycles. The van der Waals surface area contributed by atoms with Crippen molar-refractivity contribution in [3.63, 3.8) is 0 Å². The van der Waals surface area contributed by atoms with Crippen molar-refractivity contribution in [2.45, 2.75) is 6.42 Å². The zero-order valence-corrected chi connectivity index (χ0v) is 6.56. The van der Waals surface area contributed by atoms with Crippen molar-refractivity contribution in [3.05, 3.63) is 12.2 Å². The number of carboxylic acid groups (broad SMARTS) is 1. The fourth-order valence-corrected chi connectivity index (χ4v) is 0.665. The number of amides is 1. The Morgan fingerprint density at radius 1 is 1.62 bits per heavy atom. The monoisotopic (exact) mass is 185 g/mol. The van der Waals surface area contributed by atoms with E-state index in [4.69, 9.17) is 5.11 Å². The van der Waals surface area contributed by atoms with Crippen molar-refractivity contribution >= 4 is 11.9 Å². The van der Waals surface area contributed by atoms with Gasteiger partial charge in [-0.3, -0.25) is 4.79 Å². The predicted molar refractivity (Wildman–Crippen MR) is 38.6 cm³/mol. The van der Waals surface area contributed by atoms with Crippen LogP contribution in [0.15, 0.2) is 10.9 Å². The van der Waals surface area contributed by atoms with Gasteiger partial charge in [0.15, 0.2) is 6.33 Å². The topological polar surface area (TPSA) is 105 Å². The van der Waals surface area contributed by atoms with Crippen molar-refractivity contribution in [2.75, 3.05) is 6.54 Å². The lowest BCUT2D eigenvalue weighted by Crippen LogP contribution is -2.32. The first-order valence-electron chi connectivity index (χ1n) is 3.47. The van der Waals surface area contributed by atoms with E-state index < -0.39 is 11.9 Å². The van der Waals surface area contributed by atoms with Gasteiger partial charge in [0.05, 0.1) is 0 Å². The summed E-state index contributed by atoms with van der Waals surface area (Å²) in [4.78, 5) is 24.2. The molecule has 7 nitrogen and oxygen atoms in total. The van der Waals surface area contributed by atoms with Crippen molar-refractivity contribution < 1.29 is 19.2 Å². The minimum absolute atomic E-state index is 0.160. The number of hydrogen-bond donors (Lipinski definition) is 2. The van der Waals surface area contributed by atoms with Crippen LogP contribution in [-0.4, -0.2) is 33.7 Å². The summed E-state index contributed by atoms with van der Waals surface area (Å²) in [5, 5.41) is 13.7. The summed E-state index contributed by atoms with van der Waals surface area (Å²) in [6.45, 7) is 0.160. The molecule has 0 aliphatic rings. The zero-order valence-electron chi connectivity index (χ0n) is 6.56. The van der Waals surface area contributed by atoms with Gasteiger partial charge in [0.25, 0.3) is 0 Å². The van der Waals surface area contributed by atoms with E-state index in [1.165, 1.54) is 6.33 Å². The Hall–Kier alpha value is -1.92. The van der Waals surface area contributed by atoms with Crippen LogP contribution in [-0.2, 0) is 16.0 Å². The largest absolute Gasteiger partial charge is 0.474 e. The second-order valence-electron chi connectivity index (χ2n) is 2.15. The quantitative estimate of drug-likeness (QED) is 0.574. The third-order valence-corrected chi connectivity index (χ3v) is 1.23. The van der Waals surface area contributed by atoms with E-state index >= 15 is 0 Å². The van der Waals surface area contributed by atoms with E-state index in [1.54, 1.807) is 0 Å². The highest BCUT2D eigenvalue weighted by molar-refractivity contribution is 6.31. The molecule has 1 aromatic heterocycles. The lowest BCUT2D eigenvalue weighted by atomic mass is 10.4. The Kier molecular flexibility index (Phi) is 2.96. The summed E-state index contributed by atoms with van der Waals surface area (Å²) in [6.07, 6.45) is 1.55. The molecule has 13 heavy (non-hydrogen) atoms. The number of aromatic nitrogens is 2. The Labute approximate surface area is 72.7 Å². The third-order valence-electron chi connectivity index (χ3n) is 1.23. The molecule has 0 aromatic carbocycles. The highest BCUT2D eigenvalue weighted by atomic mass is 16.5.